The molecule has 1 aliphatic rings. The van der Waals surface area contributed by atoms with Crippen molar-refractivity contribution >= 4 is 38.8 Å². The quantitative estimate of drug-likeness (QED) is 0.842. The fraction of sp³-hybridized carbons (Fsp3) is 0.364. The van der Waals surface area contributed by atoms with Gasteiger partial charge in [0.05, 0.1) is 11.6 Å². The lowest BCUT2D eigenvalue weighted by atomic mass is 10.3. The summed E-state index contributed by atoms with van der Waals surface area (Å²) in [6.07, 6.45) is -0.555. The van der Waals surface area contributed by atoms with Gasteiger partial charge in [0.2, 0.25) is 10.0 Å². The number of sulfonamides is 1. The van der Waals surface area contributed by atoms with Gasteiger partial charge in [-0.3, -0.25) is 0 Å². The van der Waals surface area contributed by atoms with Gasteiger partial charge in [0.25, 0.3) is 0 Å². The highest BCUT2D eigenvalue weighted by Gasteiger charge is 2.32. The number of morpholine rings is 1. The van der Waals surface area contributed by atoms with Crippen LogP contribution < -0.4 is 5.73 Å². The number of hydrogen-bond acceptors (Lipinski definition) is 4. The van der Waals surface area contributed by atoms with Crippen LogP contribution in [-0.2, 0) is 14.8 Å². The van der Waals surface area contributed by atoms with Crippen molar-refractivity contribution in [3.05, 3.63) is 29.3 Å². The number of ether oxygens (including phenoxy) is 1. The molecule has 2 N–H and O–H groups in total. The van der Waals surface area contributed by atoms with E-state index in [-0.39, 0.29) is 34.6 Å². The van der Waals surface area contributed by atoms with Crippen LogP contribution in [0.2, 0.25) is 5.02 Å². The normalized spacial score (nSPS) is 21.2. The van der Waals surface area contributed by atoms with Crippen molar-refractivity contribution in [3.8, 4) is 0 Å². The predicted molar refractivity (Wildman–Crippen MR) is 76.7 cm³/mol. The highest BCUT2D eigenvalue weighted by molar-refractivity contribution is 7.89. The average Bonchev–Trinajstić information content (AvgIpc) is 2.39. The molecule has 0 aliphatic carbocycles. The largest absolute Gasteiger partial charge is 0.391 e. The number of halogens is 1. The molecule has 0 saturated carbocycles. The fourth-order valence-corrected chi connectivity index (χ4v) is 3.87. The summed E-state index contributed by atoms with van der Waals surface area (Å²) in [5, 5.41) is 0.195. The molecule has 2 rings (SSSR count). The van der Waals surface area contributed by atoms with Crippen LogP contribution in [0.1, 0.15) is 0 Å². The molecule has 0 amide bonds. The van der Waals surface area contributed by atoms with E-state index in [1.807, 2.05) is 0 Å². The molecule has 1 heterocycles. The first-order chi connectivity index (χ1) is 8.93. The summed E-state index contributed by atoms with van der Waals surface area (Å²) in [6, 6.07) is 6.32. The molecule has 1 aromatic rings. The van der Waals surface area contributed by atoms with Crippen molar-refractivity contribution in [1.82, 2.24) is 4.31 Å². The molecule has 1 unspecified atom stereocenters. The van der Waals surface area contributed by atoms with Crippen LogP contribution in [0.15, 0.2) is 29.2 Å². The second-order valence-corrected chi connectivity index (χ2v) is 6.84. The smallest absolute Gasteiger partial charge is 0.244 e. The van der Waals surface area contributed by atoms with Crippen LogP contribution >= 0.6 is 23.8 Å². The highest BCUT2D eigenvalue weighted by atomic mass is 35.5. The van der Waals surface area contributed by atoms with Crippen molar-refractivity contribution in [2.24, 2.45) is 5.73 Å². The Morgan fingerprint density at radius 3 is 2.79 bits per heavy atom. The summed E-state index contributed by atoms with van der Waals surface area (Å²) in [6.45, 7) is 0.626. The summed E-state index contributed by atoms with van der Waals surface area (Å²) in [7, 11) is -3.65. The third kappa shape index (κ3) is 3.06. The number of rotatable bonds is 3. The van der Waals surface area contributed by atoms with Gasteiger partial charge in [-0.2, -0.15) is 4.31 Å². The summed E-state index contributed by atoms with van der Waals surface area (Å²) in [4.78, 5) is 0.235. The Hall–Kier alpha value is -0.730. The van der Waals surface area contributed by atoms with Gasteiger partial charge in [0, 0.05) is 13.1 Å². The van der Waals surface area contributed by atoms with E-state index in [2.05, 4.69) is 0 Å². The van der Waals surface area contributed by atoms with Gasteiger partial charge in [-0.15, -0.1) is 0 Å². The number of nitrogens with zero attached hydrogens (tertiary/aromatic N) is 1. The maximum atomic E-state index is 12.5. The van der Waals surface area contributed by atoms with E-state index in [1.54, 1.807) is 18.2 Å². The molecule has 5 nitrogen and oxygen atoms in total. The Morgan fingerprint density at radius 1 is 1.47 bits per heavy atom. The number of hydrogen-bond donors (Lipinski definition) is 1. The van der Waals surface area contributed by atoms with Crippen LogP contribution in [-0.4, -0.2) is 43.5 Å². The average molecular weight is 321 g/mol. The van der Waals surface area contributed by atoms with E-state index in [0.717, 1.165) is 0 Å². The summed E-state index contributed by atoms with van der Waals surface area (Å²) < 4.78 is 31.6. The minimum atomic E-state index is -3.65. The molecular formula is C11H13ClN2O3S2. The van der Waals surface area contributed by atoms with Gasteiger partial charge in [-0.05, 0) is 12.1 Å². The van der Waals surface area contributed by atoms with Crippen LogP contribution in [0.5, 0.6) is 0 Å². The van der Waals surface area contributed by atoms with Gasteiger partial charge in [0.1, 0.15) is 16.0 Å². The molecule has 8 heteroatoms. The predicted octanol–water partition coefficient (Wildman–Crippen LogP) is 1.02. The zero-order valence-electron chi connectivity index (χ0n) is 9.95. The van der Waals surface area contributed by atoms with Crippen molar-refractivity contribution < 1.29 is 13.2 Å². The zero-order chi connectivity index (χ0) is 14.0. The number of benzene rings is 1. The Morgan fingerprint density at radius 2 is 2.16 bits per heavy atom. The standard InChI is InChI=1S/C11H13ClN2O3S2/c12-8-3-1-2-4-10(8)19(15,16)14-5-6-17-9(7-14)11(13)18/h1-4,9H,5-7H2,(H2,13,18). The molecule has 104 valence electrons. The molecule has 1 aromatic carbocycles. The van der Waals surface area contributed by atoms with E-state index in [4.69, 9.17) is 34.3 Å². The first-order valence-electron chi connectivity index (χ1n) is 5.58. The van der Waals surface area contributed by atoms with E-state index in [1.165, 1.54) is 10.4 Å². The molecule has 0 aromatic heterocycles. The maximum Gasteiger partial charge on any atom is 0.244 e. The first kappa shape index (κ1) is 14.7. The Bertz CT molecular complexity index is 591. The van der Waals surface area contributed by atoms with Gasteiger partial charge in [0.15, 0.2) is 0 Å². The molecule has 0 spiro atoms. The molecule has 0 bridgehead atoms. The second-order valence-electron chi connectivity index (χ2n) is 4.06. The Kier molecular flexibility index (Phi) is 4.42. The van der Waals surface area contributed by atoms with Crippen molar-refractivity contribution in [1.29, 1.82) is 0 Å². The summed E-state index contributed by atoms with van der Waals surface area (Å²) in [5.74, 6) is 0. The Labute approximate surface area is 122 Å². The van der Waals surface area contributed by atoms with Gasteiger partial charge < -0.3 is 10.5 Å². The van der Waals surface area contributed by atoms with Gasteiger partial charge >= 0.3 is 0 Å². The van der Waals surface area contributed by atoms with Crippen LogP contribution in [0.3, 0.4) is 0 Å². The summed E-state index contributed by atoms with van der Waals surface area (Å²) in [5.41, 5.74) is 5.50. The lowest BCUT2D eigenvalue weighted by Gasteiger charge is -2.31. The molecule has 0 radical (unpaired) electrons. The van der Waals surface area contributed by atoms with E-state index in [9.17, 15) is 8.42 Å². The minimum Gasteiger partial charge on any atom is -0.391 e. The lowest BCUT2D eigenvalue weighted by molar-refractivity contribution is 0.0386. The second kappa shape index (κ2) is 5.72. The molecule has 1 aliphatic heterocycles. The lowest BCUT2D eigenvalue weighted by Crippen LogP contribution is -2.49. The molecule has 1 atom stereocenters. The van der Waals surface area contributed by atoms with E-state index >= 15 is 0 Å². The SMILES string of the molecule is NC(=S)C1CN(S(=O)(=O)c2ccccc2Cl)CCO1. The van der Waals surface area contributed by atoms with Crippen LogP contribution in [0.25, 0.3) is 0 Å². The topological polar surface area (TPSA) is 72.6 Å². The van der Waals surface area contributed by atoms with E-state index in [0.29, 0.717) is 0 Å². The monoisotopic (exact) mass is 320 g/mol. The number of nitrogens with two attached hydrogens (primary N) is 1. The van der Waals surface area contributed by atoms with Gasteiger partial charge in [-0.25, -0.2) is 8.42 Å². The minimum absolute atomic E-state index is 0.0836. The maximum absolute atomic E-state index is 12.5. The Balaban J connectivity index is 2.30. The van der Waals surface area contributed by atoms with Crippen molar-refractivity contribution in [2.75, 3.05) is 19.7 Å². The number of thiocarbonyl (C=S) groups is 1. The first-order valence-corrected chi connectivity index (χ1v) is 7.81. The third-order valence-corrected chi connectivity index (χ3v) is 5.43. The molecule has 1 fully saturated rings. The van der Waals surface area contributed by atoms with E-state index < -0.39 is 16.1 Å². The van der Waals surface area contributed by atoms with Crippen LogP contribution in [0.4, 0.5) is 0 Å². The summed E-state index contributed by atoms with van der Waals surface area (Å²) >= 11 is 10.8. The molecular weight excluding hydrogens is 308 g/mol. The van der Waals surface area contributed by atoms with Crippen LogP contribution in [0, 0.1) is 0 Å². The molecule has 19 heavy (non-hydrogen) atoms. The molecule has 1 saturated heterocycles. The van der Waals surface area contributed by atoms with Crippen molar-refractivity contribution in [3.63, 3.8) is 0 Å². The van der Waals surface area contributed by atoms with Gasteiger partial charge in [-0.1, -0.05) is 36.0 Å². The zero-order valence-corrected chi connectivity index (χ0v) is 12.3. The van der Waals surface area contributed by atoms with Crippen molar-refractivity contribution in [2.45, 2.75) is 11.0 Å². The third-order valence-electron chi connectivity index (χ3n) is 2.80. The highest BCUT2D eigenvalue weighted by Crippen LogP contribution is 2.25. The fourth-order valence-electron chi connectivity index (χ4n) is 1.81.